The molecule has 0 saturated heterocycles. The zero-order chi connectivity index (χ0) is 17.3. The van der Waals surface area contributed by atoms with E-state index in [-0.39, 0.29) is 17.1 Å². The summed E-state index contributed by atoms with van der Waals surface area (Å²) in [5.41, 5.74) is 8.29. The van der Waals surface area contributed by atoms with E-state index < -0.39 is 5.82 Å². The number of anilines is 1. The van der Waals surface area contributed by atoms with E-state index in [0.717, 1.165) is 0 Å². The van der Waals surface area contributed by atoms with Crippen molar-refractivity contribution in [3.63, 3.8) is 0 Å². The van der Waals surface area contributed by atoms with Gasteiger partial charge in [-0.1, -0.05) is 0 Å². The summed E-state index contributed by atoms with van der Waals surface area (Å²) in [5, 5.41) is 13.7. The largest absolute Gasteiger partial charge is 0.494 e. The molecule has 0 aliphatic carbocycles. The third-order valence-electron chi connectivity index (χ3n) is 3.60. The molecule has 0 amide bonds. The van der Waals surface area contributed by atoms with Gasteiger partial charge in [0.2, 0.25) is 0 Å². The minimum atomic E-state index is -0.501. The molecular weight excluding hydrogens is 309 g/mol. The quantitative estimate of drug-likeness (QED) is 0.800. The first-order valence-corrected chi connectivity index (χ1v) is 7.08. The number of ether oxygens (including phenoxy) is 1. The highest BCUT2D eigenvalue weighted by molar-refractivity contribution is 5.78. The molecular formula is C17H14FN5O. The smallest absolute Gasteiger partial charge is 0.165 e. The zero-order valence-electron chi connectivity index (χ0n) is 13.1. The van der Waals surface area contributed by atoms with Gasteiger partial charge in [-0.25, -0.2) is 9.37 Å². The fourth-order valence-electron chi connectivity index (χ4n) is 2.42. The molecule has 3 rings (SSSR count). The second-order valence-electron chi connectivity index (χ2n) is 5.15. The molecule has 7 heteroatoms. The number of halogens is 1. The van der Waals surface area contributed by atoms with Gasteiger partial charge in [0.1, 0.15) is 17.5 Å². The van der Waals surface area contributed by atoms with Gasteiger partial charge in [0.15, 0.2) is 11.6 Å². The van der Waals surface area contributed by atoms with Crippen LogP contribution in [0.1, 0.15) is 5.56 Å². The number of benzene rings is 1. The molecule has 24 heavy (non-hydrogen) atoms. The van der Waals surface area contributed by atoms with Crippen molar-refractivity contribution >= 4 is 5.82 Å². The average Bonchev–Trinajstić information content (AvgIpc) is 3.00. The summed E-state index contributed by atoms with van der Waals surface area (Å²) in [6, 6.07) is 10.0. The maximum Gasteiger partial charge on any atom is 0.165 e. The number of nitriles is 1. The molecule has 0 aliphatic rings. The van der Waals surface area contributed by atoms with Crippen LogP contribution in [0.2, 0.25) is 0 Å². The van der Waals surface area contributed by atoms with Gasteiger partial charge in [-0.2, -0.15) is 10.4 Å². The highest BCUT2D eigenvalue weighted by atomic mass is 19.1. The first kappa shape index (κ1) is 15.5. The third kappa shape index (κ3) is 2.65. The first-order valence-electron chi connectivity index (χ1n) is 7.08. The molecule has 1 aromatic carbocycles. The van der Waals surface area contributed by atoms with Gasteiger partial charge in [-0.05, 0) is 30.3 Å². The predicted octanol–water partition coefficient (Wildman–Crippen LogP) is 2.75. The number of hydrogen-bond acceptors (Lipinski definition) is 5. The average molecular weight is 323 g/mol. The molecule has 2 aromatic heterocycles. The van der Waals surface area contributed by atoms with Crippen LogP contribution in [0, 0.1) is 17.1 Å². The second-order valence-corrected chi connectivity index (χ2v) is 5.15. The number of aryl methyl sites for hydroxylation is 1. The van der Waals surface area contributed by atoms with Crippen molar-refractivity contribution in [2.24, 2.45) is 7.05 Å². The molecule has 3 aromatic rings. The number of nitrogens with zero attached hydrogens (tertiary/aromatic N) is 4. The van der Waals surface area contributed by atoms with Crippen molar-refractivity contribution in [3.05, 3.63) is 47.9 Å². The highest BCUT2D eigenvalue weighted by Crippen LogP contribution is 2.31. The van der Waals surface area contributed by atoms with Crippen LogP contribution < -0.4 is 10.5 Å². The number of rotatable bonds is 3. The Morgan fingerprint density at radius 1 is 1.25 bits per heavy atom. The van der Waals surface area contributed by atoms with Crippen LogP contribution in [-0.2, 0) is 7.05 Å². The van der Waals surface area contributed by atoms with Gasteiger partial charge in [0, 0.05) is 24.4 Å². The van der Waals surface area contributed by atoms with Crippen LogP contribution in [0.3, 0.4) is 0 Å². The lowest BCUT2D eigenvalue weighted by atomic mass is 10.0. The van der Waals surface area contributed by atoms with Crippen LogP contribution in [0.5, 0.6) is 5.75 Å². The minimum Gasteiger partial charge on any atom is -0.494 e. The van der Waals surface area contributed by atoms with Gasteiger partial charge in [0.25, 0.3) is 0 Å². The summed E-state index contributed by atoms with van der Waals surface area (Å²) < 4.78 is 20.5. The normalized spacial score (nSPS) is 10.4. The van der Waals surface area contributed by atoms with Crippen LogP contribution in [-0.4, -0.2) is 21.9 Å². The fourth-order valence-corrected chi connectivity index (χ4v) is 2.42. The lowest BCUT2D eigenvalue weighted by Gasteiger charge is -2.09. The van der Waals surface area contributed by atoms with E-state index in [4.69, 9.17) is 10.5 Å². The number of nitrogen functional groups attached to an aromatic ring is 1. The predicted molar refractivity (Wildman–Crippen MR) is 87.5 cm³/mol. The van der Waals surface area contributed by atoms with E-state index in [1.165, 1.54) is 19.2 Å². The molecule has 0 unspecified atom stereocenters. The van der Waals surface area contributed by atoms with Crippen molar-refractivity contribution in [1.82, 2.24) is 14.8 Å². The van der Waals surface area contributed by atoms with Gasteiger partial charge in [-0.15, -0.1) is 0 Å². The lowest BCUT2D eigenvalue weighted by Crippen LogP contribution is -2.00. The third-order valence-corrected chi connectivity index (χ3v) is 3.60. The standard InChI is InChI=1S/C17H14FN5O/c1-23-6-5-14(22-23)11-8-15(21-17(20)12(11)9-19)10-3-4-16(24-2)13(18)7-10/h3-8H,1-2H3,(H2,20,21). The molecule has 2 heterocycles. The van der Waals surface area contributed by atoms with Gasteiger partial charge < -0.3 is 10.5 Å². The Morgan fingerprint density at radius 3 is 2.62 bits per heavy atom. The summed E-state index contributed by atoms with van der Waals surface area (Å²) in [7, 11) is 3.18. The SMILES string of the molecule is COc1ccc(-c2cc(-c3ccn(C)n3)c(C#N)c(N)n2)cc1F. The van der Waals surface area contributed by atoms with Crippen molar-refractivity contribution in [3.8, 4) is 34.3 Å². The van der Waals surface area contributed by atoms with Crippen molar-refractivity contribution in [2.75, 3.05) is 12.8 Å². The number of nitrogens with two attached hydrogens (primary N) is 1. The maximum atomic E-state index is 14.0. The second kappa shape index (κ2) is 6.01. The summed E-state index contributed by atoms with van der Waals surface area (Å²) in [5.74, 6) is -0.281. The number of aromatic nitrogens is 3. The molecule has 0 atom stereocenters. The molecule has 0 bridgehead atoms. The van der Waals surface area contributed by atoms with E-state index >= 15 is 0 Å². The lowest BCUT2D eigenvalue weighted by molar-refractivity contribution is 0.386. The molecule has 0 aliphatic heterocycles. The van der Waals surface area contributed by atoms with E-state index in [1.54, 1.807) is 36.1 Å². The molecule has 0 fully saturated rings. The Kier molecular flexibility index (Phi) is 3.88. The molecule has 6 nitrogen and oxygen atoms in total. The van der Waals surface area contributed by atoms with Gasteiger partial charge in [-0.3, -0.25) is 4.68 Å². The van der Waals surface area contributed by atoms with Crippen LogP contribution in [0.25, 0.3) is 22.5 Å². The number of hydrogen-bond donors (Lipinski definition) is 1. The molecule has 0 saturated carbocycles. The van der Waals surface area contributed by atoms with Crippen molar-refractivity contribution in [1.29, 1.82) is 5.26 Å². The van der Waals surface area contributed by atoms with Crippen molar-refractivity contribution in [2.45, 2.75) is 0 Å². The molecule has 0 spiro atoms. The minimum absolute atomic E-state index is 0.0758. The Balaban J connectivity index is 2.19. The van der Waals surface area contributed by atoms with Crippen molar-refractivity contribution < 1.29 is 9.13 Å². The number of pyridine rings is 1. The first-order chi connectivity index (χ1) is 11.5. The maximum absolute atomic E-state index is 14.0. The molecule has 2 N–H and O–H groups in total. The monoisotopic (exact) mass is 323 g/mol. The zero-order valence-corrected chi connectivity index (χ0v) is 13.1. The fraction of sp³-hybridized carbons (Fsp3) is 0.118. The Labute approximate surface area is 137 Å². The molecule has 0 radical (unpaired) electrons. The summed E-state index contributed by atoms with van der Waals surface area (Å²) in [6.45, 7) is 0. The van der Waals surface area contributed by atoms with E-state index in [2.05, 4.69) is 10.1 Å². The van der Waals surface area contributed by atoms with Crippen LogP contribution in [0.15, 0.2) is 36.5 Å². The Morgan fingerprint density at radius 2 is 2.04 bits per heavy atom. The van der Waals surface area contributed by atoms with E-state index in [1.807, 2.05) is 6.07 Å². The van der Waals surface area contributed by atoms with Crippen LogP contribution in [0.4, 0.5) is 10.2 Å². The summed E-state index contributed by atoms with van der Waals surface area (Å²) >= 11 is 0. The summed E-state index contributed by atoms with van der Waals surface area (Å²) in [6.07, 6.45) is 1.76. The number of methoxy groups -OCH3 is 1. The van der Waals surface area contributed by atoms with E-state index in [9.17, 15) is 9.65 Å². The highest BCUT2D eigenvalue weighted by Gasteiger charge is 2.16. The summed E-state index contributed by atoms with van der Waals surface area (Å²) in [4.78, 5) is 4.22. The van der Waals surface area contributed by atoms with Gasteiger partial charge >= 0.3 is 0 Å². The van der Waals surface area contributed by atoms with Gasteiger partial charge in [0.05, 0.1) is 18.5 Å². The Hall–Kier alpha value is -3.40. The van der Waals surface area contributed by atoms with Crippen LogP contribution >= 0.6 is 0 Å². The van der Waals surface area contributed by atoms with E-state index in [0.29, 0.717) is 22.5 Å². The molecule has 120 valence electrons. The Bertz CT molecular complexity index is 958. The topological polar surface area (TPSA) is 89.8 Å².